The van der Waals surface area contributed by atoms with Gasteiger partial charge in [0.25, 0.3) is 0 Å². The summed E-state index contributed by atoms with van der Waals surface area (Å²) in [5.41, 5.74) is 0.967. The van der Waals surface area contributed by atoms with E-state index in [9.17, 15) is 4.79 Å². The molecule has 2 unspecified atom stereocenters. The first-order valence-electron chi connectivity index (χ1n) is 8.18. The average molecular weight is 321 g/mol. The summed E-state index contributed by atoms with van der Waals surface area (Å²) >= 11 is 0. The maximum absolute atomic E-state index is 12.8. The lowest BCUT2D eigenvalue weighted by Gasteiger charge is -2.33. The number of nitrogens with zero attached hydrogens (tertiary/aromatic N) is 1. The van der Waals surface area contributed by atoms with E-state index in [0.717, 1.165) is 42.9 Å². The predicted molar refractivity (Wildman–Crippen MR) is 88.8 cm³/mol. The first kappa shape index (κ1) is 17.6. The maximum Gasteiger partial charge on any atom is 0.228 e. The fraction of sp³-hybridized carbons (Fsp3) is 0.611. The molecule has 0 radical (unpaired) electrons. The molecular weight excluding hydrogens is 294 g/mol. The van der Waals surface area contributed by atoms with Crippen molar-refractivity contribution in [2.45, 2.75) is 38.8 Å². The van der Waals surface area contributed by atoms with Crippen LogP contribution in [0.3, 0.4) is 0 Å². The molecule has 0 aliphatic carbocycles. The Bertz CT molecular complexity index is 532. The van der Waals surface area contributed by atoms with Crippen LogP contribution in [-0.2, 0) is 16.1 Å². The van der Waals surface area contributed by atoms with Crippen molar-refractivity contribution in [3.05, 3.63) is 23.8 Å². The van der Waals surface area contributed by atoms with Crippen molar-refractivity contribution in [3.63, 3.8) is 0 Å². The molecule has 1 aliphatic rings. The molecule has 1 saturated heterocycles. The fourth-order valence-electron chi connectivity index (χ4n) is 3.12. The molecule has 2 rings (SSSR count). The third kappa shape index (κ3) is 4.16. The predicted octanol–water partition coefficient (Wildman–Crippen LogP) is 2.87. The number of hydrogen-bond acceptors (Lipinski definition) is 4. The molecule has 0 saturated carbocycles. The van der Waals surface area contributed by atoms with Gasteiger partial charge in [0.1, 0.15) is 11.5 Å². The monoisotopic (exact) mass is 321 g/mol. The Hall–Kier alpha value is -1.75. The van der Waals surface area contributed by atoms with Crippen molar-refractivity contribution in [1.82, 2.24) is 4.90 Å². The zero-order valence-corrected chi connectivity index (χ0v) is 14.5. The SMILES string of the molecule is CCC1OCCCC1C(=O)N(C)Cc1ccc(OC)cc1OC. The third-order valence-corrected chi connectivity index (χ3v) is 4.44. The number of benzene rings is 1. The van der Waals surface area contributed by atoms with Crippen LogP contribution >= 0.6 is 0 Å². The first-order valence-corrected chi connectivity index (χ1v) is 8.18. The minimum atomic E-state index is -0.0389. The molecule has 1 fully saturated rings. The summed E-state index contributed by atoms with van der Waals surface area (Å²) in [5, 5.41) is 0. The first-order chi connectivity index (χ1) is 11.1. The lowest BCUT2D eigenvalue weighted by molar-refractivity contribution is -0.144. The van der Waals surface area contributed by atoms with Gasteiger partial charge in [-0.25, -0.2) is 0 Å². The van der Waals surface area contributed by atoms with E-state index >= 15 is 0 Å². The van der Waals surface area contributed by atoms with E-state index in [4.69, 9.17) is 14.2 Å². The Morgan fingerprint density at radius 1 is 1.35 bits per heavy atom. The van der Waals surface area contributed by atoms with Crippen LogP contribution in [0.15, 0.2) is 18.2 Å². The second-order valence-electron chi connectivity index (χ2n) is 5.94. The Balaban J connectivity index is 2.08. The van der Waals surface area contributed by atoms with Crippen LogP contribution in [0.25, 0.3) is 0 Å². The van der Waals surface area contributed by atoms with E-state index in [0.29, 0.717) is 6.54 Å². The molecule has 0 bridgehead atoms. The van der Waals surface area contributed by atoms with Crippen molar-refractivity contribution in [2.24, 2.45) is 5.92 Å². The van der Waals surface area contributed by atoms with E-state index in [1.54, 1.807) is 19.1 Å². The second-order valence-corrected chi connectivity index (χ2v) is 5.94. The van der Waals surface area contributed by atoms with Crippen molar-refractivity contribution in [2.75, 3.05) is 27.9 Å². The van der Waals surface area contributed by atoms with E-state index < -0.39 is 0 Å². The van der Waals surface area contributed by atoms with E-state index in [1.807, 2.05) is 25.2 Å². The summed E-state index contributed by atoms with van der Waals surface area (Å²) in [5.74, 6) is 1.58. The number of rotatable bonds is 6. The van der Waals surface area contributed by atoms with Crippen molar-refractivity contribution in [3.8, 4) is 11.5 Å². The van der Waals surface area contributed by atoms with E-state index in [2.05, 4.69) is 6.92 Å². The van der Waals surface area contributed by atoms with Gasteiger partial charge in [-0.05, 0) is 31.4 Å². The molecule has 1 heterocycles. The topological polar surface area (TPSA) is 48.0 Å². The van der Waals surface area contributed by atoms with E-state index in [1.165, 1.54) is 0 Å². The molecule has 1 amide bonds. The molecule has 128 valence electrons. The fourth-order valence-corrected chi connectivity index (χ4v) is 3.12. The van der Waals surface area contributed by atoms with Crippen LogP contribution in [-0.4, -0.2) is 44.8 Å². The standard InChI is InChI=1S/C18H27NO4/c1-5-16-15(7-6-10-23-16)18(20)19(2)12-13-8-9-14(21-3)11-17(13)22-4/h8-9,11,15-16H,5-7,10,12H2,1-4H3. The quantitative estimate of drug-likeness (QED) is 0.808. The second kappa shape index (κ2) is 8.20. The minimum Gasteiger partial charge on any atom is -0.497 e. The lowest BCUT2D eigenvalue weighted by atomic mass is 9.91. The zero-order valence-electron chi connectivity index (χ0n) is 14.5. The van der Waals surface area contributed by atoms with E-state index in [-0.39, 0.29) is 17.9 Å². The Labute approximate surface area is 138 Å². The van der Waals surface area contributed by atoms with Gasteiger partial charge in [-0.2, -0.15) is 0 Å². The van der Waals surface area contributed by atoms with Crippen LogP contribution in [0.1, 0.15) is 31.7 Å². The van der Waals surface area contributed by atoms with Crippen LogP contribution < -0.4 is 9.47 Å². The lowest BCUT2D eigenvalue weighted by Crippen LogP contribution is -2.42. The number of amides is 1. The third-order valence-electron chi connectivity index (χ3n) is 4.44. The van der Waals surface area contributed by atoms with Gasteiger partial charge in [0.05, 0.1) is 26.2 Å². The molecule has 1 aromatic carbocycles. The summed E-state index contributed by atoms with van der Waals surface area (Å²) in [6.07, 6.45) is 2.76. The highest BCUT2D eigenvalue weighted by molar-refractivity contribution is 5.79. The normalized spacial score (nSPS) is 20.9. The minimum absolute atomic E-state index is 0.0384. The highest BCUT2D eigenvalue weighted by Gasteiger charge is 2.32. The van der Waals surface area contributed by atoms with Crippen LogP contribution in [0, 0.1) is 5.92 Å². The molecule has 23 heavy (non-hydrogen) atoms. The number of carbonyl (C=O) groups is 1. The largest absolute Gasteiger partial charge is 0.497 e. The molecule has 1 aromatic rings. The van der Waals surface area contributed by atoms with Gasteiger partial charge in [0.2, 0.25) is 5.91 Å². The summed E-state index contributed by atoms with van der Waals surface area (Å²) in [6.45, 7) is 3.35. The number of carbonyl (C=O) groups excluding carboxylic acids is 1. The van der Waals surface area contributed by atoms with Gasteiger partial charge in [0.15, 0.2) is 0 Å². The smallest absolute Gasteiger partial charge is 0.228 e. The number of ether oxygens (including phenoxy) is 3. The molecule has 1 aliphatic heterocycles. The number of hydrogen-bond donors (Lipinski definition) is 0. The molecule has 0 N–H and O–H groups in total. The zero-order chi connectivity index (χ0) is 16.8. The Kier molecular flexibility index (Phi) is 6.28. The van der Waals surface area contributed by atoms with Gasteiger partial charge in [-0.15, -0.1) is 0 Å². The Morgan fingerprint density at radius 2 is 2.13 bits per heavy atom. The highest BCUT2D eigenvalue weighted by atomic mass is 16.5. The van der Waals surface area contributed by atoms with Gasteiger partial charge in [0, 0.05) is 31.8 Å². The highest BCUT2D eigenvalue weighted by Crippen LogP contribution is 2.28. The van der Waals surface area contributed by atoms with Crippen molar-refractivity contribution in [1.29, 1.82) is 0 Å². The average Bonchev–Trinajstić information content (AvgIpc) is 2.61. The van der Waals surface area contributed by atoms with Gasteiger partial charge >= 0.3 is 0 Å². The van der Waals surface area contributed by atoms with Crippen molar-refractivity contribution < 1.29 is 19.0 Å². The maximum atomic E-state index is 12.8. The van der Waals surface area contributed by atoms with Crippen LogP contribution in [0.4, 0.5) is 0 Å². The Morgan fingerprint density at radius 3 is 2.78 bits per heavy atom. The molecule has 2 atom stereocenters. The van der Waals surface area contributed by atoms with Crippen LogP contribution in [0.5, 0.6) is 11.5 Å². The van der Waals surface area contributed by atoms with Gasteiger partial charge in [-0.3, -0.25) is 4.79 Å². The van der Waals surface area contributed by atoms with Gasteiger partial charge < -0.3 is 19.1 Å². The molecule has 0 spiro atoms. The molecule has 0 aromatic heterocycles. The summed E-state index contributed by atoms with van der Waals surface area (Å²) in [4.78, 5) is 14.5. The molecule has 5 nitrogen and oxygen atoms in total. The van der Waals surface area contributed by atoms with Gasteiger partial charge in [-0.1, -0.05) is 6.92 Å². The summed E-state index contributed by atoms with van der Waals surface area (Å²) in [7, 11) is 5.09. The molecular formula is C18H27NO4. The molecule has 5 heteroatoms. The summed E-state index contributed by atoms with van der Waals surface area (Å²) in [6, 6.07) is 5.66. The van der Waals surface area contributed by atoms with Crippen molar-refractivity contribution >= 4 is 5.91 Å². The summed E-state index contributed by atoms with van der Waals surface area (Å²) < 4.78 is 16.4. The van der Waals surface area contributed by atoms with Crippen LogP contribution in [0.2, 0.25) is 0 Å². The number of methoxy groups -OCH3 is 2.